The van der Waals surface area contributed by atoms with E-state index in [0.29, 0.717) is 0 Å². The molecule has 0 aromatic heterocycles. The van der Waals surface area contributed by atoms with Crippen LogP contribution in [0.5, 0.6) is 0 Å². The van der Waals surface area contributed by atoms with Gasteiger partial charge in [-0.15, -0.1) is 6.58 Å². The smallest absolute Gasteiger partial charge is 0.243 e. The van der Waals surface area contributed by atoms with Gasteiger partial charge in [-0.3, -0.25) is 0 Å². The second kappa shape index (κ2) is 6.12. The third-order valence-corrected chi connectivity index (χ3v) is 4.44. The van der Waals surface area contributed by atoms with E-state index in [2.05, 4.69) is 6.58 Å². The predicted octanol–water partition coefficient (Wildman–Crippen LogP) is 2.09. The van der Waals surface area contributed by atoms with Gasteiger partial charge in [-0.1, -0.05) is 38.1 Å². The third-order valence-electron chi connectivity index (χ3n) is 2.62. The first-order chi connectivity index (χ1) is 8.83. The van der Waals surface area contributed by atoms with E-state index in [1.165, 1.54) is 10.4 Å². The molecule has 0 aliphatic heterocycles. The fourth-order valence-corrected chi connectivity index (χ4v) is 3.23. The molecule has 1 rings (SSSR count). The molecule has 1 aromatic carbocycles. The van der Waals surface area contributed by atoms with E-state index in [0.717, 1.165) is 6.29 Å². The summed E-state index contributed by atoms with van der Waals surface area (Å²) >= 11 is 0. The molecule has 0 radical (unpaired) electrons. The van der Waals surface area contributed by atoms with Crippen molar-refractivity contribution in [3.63, 3.8) is 0 Å². The van der Waals surface area contributed by atoms with Gasteiger partial charge in [0.1, 0.15) is 6.29 Å². The fourth-order valence-electron chi connectivity index (χ4n) is 1.62. The van der Waals surface area contributed by atoms with Gasteiger partial charge in [0.05, 0.1) is 4.90 Å². The Kier molecular flexibility index (Phi) is 5.03. The molecule has 0 bridgehead atoms. The van der Waals surface area contributed by atoms with Crippen molar-refractivity contribution in [1.29, 1.82) is 0 Å². The molecule has 0 saturated carbocycles. The lowest BCUT2D eigenvalue weighted by atomic mass is 9.96. The van der Waals surface area contributed by atoms with E-state index in [1.54, 1.807) is 44.2 Å². The SMILES string of the molecule is C=CCN(CC(C)(C)C=O)S(=O)(=O)c1ccccc1. The monoisotopic (exact) mass is 281 g/mol. The minimum absolute atomic E-state index is 0.125. The molecule has 5 heteroatoms. The maximum Gasteiger partial charge on any atom is 0.243 e. The minimum Gasteiger partial charge on any atom is -0.303 e. The number of nitrogens with zero attached hydrogens (tertiary/aromatic N) is 1. The largest absolute Gasteiger partial charge is 0.303 e. The van der Waals surface area contributed by atoms with Crippen molar-refractivity contribution in [3.8, 4) is 0 Å². The van der Waals surface area contributed by atoms with Gasteiger partial charge in [0.25, 0.3) is 0 Å². The zero-order chi connectivity index (χ0) is 14.5. The highest BCUT2D eigenvalue weighted by Gasteiger charge is 2.29. The van der Waals surface area contributed by atoms with Crippen molar-refractivity contribution in [2.45, 2.75) is 18.7 Å². The fraction of sp³-hybridized carbons (Fsp3) is 0.357. The van der Waals surface area contributed by atoms with Crippen molar-refractivity contribution >= 4 is 16.3 Å². The van der Waals surface area contributed by atoms with E-state index in [9.17, 15) is 13.2 Å². The first-order valence-corrected chi connectivity index (χ1v) is 7.40. The second-order valence-electron chi connectivity index (χ2n) is 5.01. The van der Waals surface area contributed by atoms with Gasteiger partial charge >= 0.3 is 0 Å². The minimum atomic E-state index is -3.60. The lowest BCUT2D eigenvalue weighted by Crippen LogP contribution is -2.39. The summed E-state index contributed by atoms with van der Waals surface area (Å²) in [6, 6.07) is 8.18. The molecule has 0 aliphatic rings. The second-order valence-corrected chi connectivity index (χ2v) is 6.94. The standard InChI is InChI=1S/C14H19NO3S/c1-4-10-15(11-14(2,3)12-16)19(17,18)13-8-6-5-7-9-13/h4-9,12H,1,10-11H2,2-3H3. The van der Waals surface area contributed by atoms with E-state index < -0.39 is 15.4 Å². The predicted molar refractivity (Wildman–Crippen MR) is 75.2 cm³/mol. The Morgan fingerprint density at radius 1 is 1.26 bits per heavy atom. The molecule has 19 heavy (non-hydrogen) atoms. The number of benzene rings is 1. The van der Waals surface area contributed by atoms with E-state index in [1.807, 2.05) is 0 Å². The van der Waals surface area contributed by atoms with Crippen LogP contribution < -0.4 is 0 Å². The van der Waals surface area contributed by atoms with Crippen LogP contribution in [0.4, 0.5) is 0 Å². The number of aldehydes is 1. The Hall–Kier alpha value is -1.46. The molecule has 1 aromatic rings. The van der Waals surface area contributed by atoms with Crippen LogP contribution in [0, 0.1) is 5.41 Å². The van der Waals surface area contributed by atoms with Crippen LogP contribution in [0.3, 0.4) is 0 Å². The van der Waals surface area contributed by atoms with Gasteiger partial charge in [-0.05, 0) is 12.1 Å². The average molecular weight is 281 g/mol. The Labute approximate surface area is 114 Å². The van der Waals surface area contributed by atoms with Crippen LogP contribution in [0.2, 0.25) is 0 Å². The molecule has 0 unspecified atom stereocenters. The summed E-state index contributed by atoms with van der Waals surface area (Å²) in [6.07, 6.45) is 2.28. The highest BCUT2D eigenvalue weighted by molar-refractivity contribution is 7.89. The van der Waals surface area contributed by atoms with Crippen LogP contribution in [0.1, 0.15) is 13.8 Å². The summed E-state index contributed by atoms with van der Waals surface area (Å²) in [5, 5.41) is 0. The van der Waals surface area contributed by atoms with Crippen LogP contribution in [-0.4, -0.2) is 32.1 Å². The number of hydrogen-bond donors (Lipinski definition) is 0. The van der Waals surface area contributed by atoms with E-state index in [-0.39, 0.29) is 18.0 Å². The lowest BCUT2D eigenvalue weighted by Gasteiger charge is -2.27. The van der Waals surface area contributed by atoms with Crippen molar-refractivity contribution < 1.29 is 13.2 Å². The van der Waals surface area contributed by atoms with Gasteiger partial charge in [-0.2, -0.15) is 4.31 Å². The van der Waals surface area contributed by atoms with Crippen molar-refractivity contribution in [1.82, 2.24) is 4.31 Å². The maximum absolute atomic E-state index is 12.5. The molecular weight excluding hydrogens is 262 g/mol. The first-order valence-electron chi connectivity index (χ1n) is 5.96. The van der Waals surface area contributed by atoms with Crippen LogP contribution in [-0.2, 0) is 14.8 Å². The zero-order valence-corrected chi connectivity index (χ0v) is 12.1. The molecule has 0 N–H and O–H groups in total. The van der Waals surface area contributed by atoms with Crippen LogP contribution in [0.15, 0.2) is 47.9 Å². The molecule has 4 nitrogen and oxygen atoms in total. The molecular formula is C14H19NO3S. The third kappa shape index (κ3) is 4.01. The number of hydrogen-bond acceptors (Lipinski definition) is 3. The van der Waals surface area contributed by atoms with Crippen LogP contribution >= 0.6 is 0 Å². The first kappa shape index (κ1) is 15.6. The lowest BCUT2D eigenvalue weighted by molar-refractivity contribution is -0.115. The van der Waals surface area contributed by atoms with Gasteiger partial charge in [-0.25, -0.2) is 8.42 Å². The highest BCUT2D eigenvalue weighted by Crippen LogP contribution is 2.21. The Bertz CT molecular complexity index is 535. The summed E-state index contributed by atoms with van der Waals surface area (Å²) in [5.74, 6) is 0. The maximum atomic E-state index is 12.5. The molecule has 0 aliphatic carbocycles. The van der Waals surface area contributed by atoms with E-state index in [4.69, 9.17) is 0 Å². The Balaban J connectivity index is 3.12. The summed E-state index contributed by atoms with van der Waals surface area (Å²) < 4.78 is 26.2. The number of carbonyl (C=O) groups excluding carboxylic acids is 1. The quantitative estimate of drug-likeness (QED) is 0.568. The molecule has 0 fully saturated rings. The van der Waals surface area contributed by atoms with Gasteiger partial charge < -0.3 is 4.79 Å². The topological polar surface area (TPSA) is 54.5 Å². The Morgan fingerprint density at radius 2 is 1.84 bits per heavy atom. The van der Waals surface area contributed by atoms with Crippen LogP contribution in [0.25, 0.3) is 0 Å². The summed E-state index contributed by atoms with van der Waals surface area (Å²) in [7, 11) is -3.60. The molecule has 0 heterocycles. The highest BCUT2D eigenvalue weighted by atomic mass is 32.2. The number of sulfonamides is 1. The normalized spacial score (nSPS) is 12.4. The molecule has 104 valence electrons. The van der Waals surface area contributed by atoms with Gasteiger partial charge in [0, 0.05) is 18.5 Å². The van der Waals surface area contributed by atoms with Gasteiger partial charge in [0.15, 0.2) is 0 Å². The zero-order valence-electron chi connectivity index (χ0n) is 11.2. The van der Waals surface area contributed by atoms with E-state index >= 15 is 0 Å². The molecule has 0 saturated heterocycles. The summed E-state index contributed by atoms with van der Waals surface area (Å²) in [4.78, 5) is 11.2. The number of rotatable bonds is 7. The van der Waals surface area contributed by atoms with Crippen molar-refractivity contribution in [2.75, 3.05) is 13.1 Å². The summed E-state index contributed by atoms with van der Waals surface area (Å²) in [6.45, 7) is 7.28. The molecule has 0 amide bonds. The summed E-state index contributed by atoms with van der Waals surface area (Å²) in [5.41, 5.74) is -0.731. The average Bonchev–Trinajstić information content (AvgIpc) is 2.39. The molecule has 0 spiro atoms. The molecule has 0 atom stereocenters. The Morgan fingerprint density at radius 3 is 2.32 bits per heavy atom. The van der Waals surface area contributed by atoms with Crippen molar-refractivity contribution in [2.24, 2.45) is 5.41 Å². The van der Waals surface area contributed by atoms with Crippen molar-refractivity contribution in [3.05, 3.63) is 43.0 Å². The van der Waals surface area contributed by atoms with Gasteiger partial charge in [0.2, 0.25) is 10.0 Å². The number of carbonyl (C=O) groups is 1.